The lowest BCUT2D eigenvalue weighted by Crippen LogP contribution is -2.39. The molecule has 0 unspecified atom stereocenters. The largest absolute Gasteiger partial charge is 0.454 e. The number of imidazole rings is 1. The van der Waals surface area contributed by atoms with Gasteiger partial charge in [-0.25, -0.2) is 9.13 Å². The van der Waals surface area contributed by atoms with Gasteiger partial charge in [0.2, 0.25) is 6.79 Å². The predicted octanol–water partition coefficient (Wildman–Crippen LogP) is 3.48. The second-order valence-electron chi connectivity index (χ2n) is 6.18. The molecule has 3 aromatic rings. The molecular weight excluding hydrogens is 389 g/mol. The van der Waals surface area contributed by atoms with Gasteiger partial charge < -0.3 is 9.47 Å². The van der Waals surface area contributed by atoms with Crippen LogP contribution in [0.1, 0.15) is 10.4 Å². The number of ether oxygens (including phenoxy) is 2. The summed E-state index contributed by atoms with van der Waals surface area (Å²) in [6, 6.07) is 10.5. The number of anilines is 1. The highest BCUT2D eigenvalue weighted by molar-refractivity contribution is 6.42. The molecule has 2 N–H and O–H groups in total. The molecule has 8 heteroatoms. The van der Waals surface area contributed by atoms with Crippen molar-refractivity contribution in [3.63, 3.8) is 0 Å². The molecule has 0 atom stereocenters. The van der Waals surface area contributed by atoms with Gasteiger partial charge in [0.1, 0.15) is 18.4 Å². The monoisotopic (exact) mass is 404 g/mol. The van der Waals surface area contributed by atoms with Crippen molar-refractivity contribution < 1.29 is 18.8 Å². The summed E-state index contributed by atoms with van der Waals surface area (Å²) in [5.41, 5.74) is 8.45. The Hall–Kier alpha value is -2.70. The van der Waals surface area contributed by atoms with Crippen molar-refractivity contribution in [3.05, 3.63) is 58.2 Å². The summed E-state index contributed by atoms with van der Waals surface area (Å²) in [4.78, 5) is 12.6. The normalized spacial score (nSPS) is 12.4. The molecule has 0 radical (unpaired) electrons. The maximum atomic E-state index is 12.6. The molecule has 0 saturated carbocycles. The second kappa shape index (κ2) is 6.79. The molecule has 27 heavy (non-hydrogen) atoms. The number of aromatic nitrogens is 2. The smallest absolute Gasteiger partial charge is 0.355 e. The lowest BCUT2D eigenvalue weighted by atomic mass is 10.1. The first-order valence-electron chi connectivity index (χ1n) is 8.17. The van der Waals surface area contributed by atoms with Gasteiger partial charge in [-0.3, -0.25) is 10.5 Å². The fraction of sp³-hybridized carbons (Fsp3) is 0.158. The summed E-state index contributed by atoms with van der Waals surface area (Å²) in [5.74, 6) is 1.73. The van der Waals surface area contributed by atoms with Crippen molar-refractivity contribution in [1.29, 1.82) is 0 Å². The van der Waals surface area contributed by atoms with E-state index >= 15 is 0 Å². The number of fused-ring (bicyclic) bond motifs is 1. The first kappa shape index (κ1) is 17.7. The van der Waals surface area contributed by atoms with Crippen LogP contribution in [0, 0.1) is 0 Å². The third-order valence-corrected chi connectivity index (χ3v) is 5.24. The highest BCUT2D eigenvalue weighted by Crippen LogP contribution is 2.35. The van der Waals surface area contributed by atoms with Gasteiger partial charge in [-0.05, 0) is 36.4 Å². The van der Waals surface area contributed by atoms with E-state index in [-0.39, 0.29) is 19.1 Å². The number of nitrogens with two attached hydrogens (primary N) is 1. The lowest BCUT2D eigenvalue weighted by Gasteiger charge is -2.02. The maximum absolute atomic E-state index is 12.6. The first-order valence-corrected chi connectivity index (χ1v) is 8.92. The van der Waals surface area contributed by atoms with Crippen molar-refractivity contribution in [2.75, 3.05) is 12.5 Å². The zero-order chi connectivity index (χ0) is 19.1. The molecule has 0 saturated heterocycles. The van der Waals surface area contributed by atoms with Crippen LogP contribution in [0.4, 0.5) is 5.95 Å². The number of ketones is 1. The highest BCUT2D eigenvalue weighted by Gasteiger charge is 2.22. The number of carbonyl (C=O) groups excluding carboxylic acids is 1. The van der Waals surface area contributed by atoms with Crippen LogP contribution < -0.4 is 19.8 Å². The summed E-state index contributed by atoms with van der Waals surface area (Å²) in [5, 5.41) is 0.750. The molecule has 0 bridgehead atoms. The Bertz CT molecular complexity index is 1060. The Morgan fingerprint density at radius 3 is 2.70 bits per heavy atom. The highest BCUT2D eigenvalue weighted by atomic mass is 35.5. The zero-order valence-corrected chi connectivity index (χ0v) is 15.9. The molecule has 0 fully saturated rings. The van der Waals surface area contributed by atoms with Crippen molar-refractivity contribution in [2.24, 2.45) is 7.05 Å². The number of hydrogen-bond donors (Lipinski definition) is 1. The second-order valence-corrected chi connectivity index (χ2v) is 6.99. The number of halogens is 2. The van der Waals surface area contributed by atoms with Gasteiger partial charge in [0.15, 0.2) is 17.3 Å². The minimum Gasteiger partial charge on any atom is -0.454 e. The van der Waals surface area contributed by atoms with Crippen LogP contribution in [0.5, 0.6) is 11.5 Å². The van der Waals surface area contributed by atoms with Gasteiger partial charge in [-0.2, -0.15) is 0 Å². The molecule has 138 valence electrons. The van der Waals surface area contributed by atoms with Gasteiger partial charge in [-0.1, -0.05) is 23.2 Å². The Kier molecular flexibility index (Phi) is 4.45. The molecule has 4 rings (SSSR count). The number of rotatable bonds is 4. The third kappa shape index (κ3) is 3.22. The predicted molar refractivity (Wildman–Crippen MR) is 102 cm³/mol. The number of Topliss-reactive ketones (excluding diaryl/α,β-unsaturated/α-hetero) is 1. The van der Waals surface area contributed by atoms with Crippen LogP contribution >= 0.6 is 23.2 Å². The molecule has 6 nitrogen and oxygen atoms in total. The molecule has 1 aliphatic heterocycles. The van der Waals surface area contributed by atoms with E-state index in [2.05, 4.69) is 0 Å². The van der Waals surface area contributed by atoms with Crippen LogP contribution in [0.3, 0.4) is 0 Å². The topological polar surface area (TPSA) is 70.4 Å². The van der Waals surface area contributed by atoms with Crippen molar-refractivity contribution in [2.45, 2.75) is 6.54 Å². The number of hydrogen-bond acceptors (Lipinski definition) is 4. The number of nitrogens with zero attached hydrogens (tertiary/aromatic N) is 2. The van der Waals surface area contributed by atoms with Crippen molar-refractivity contribution >= 4 is 34.9 Å². The average Bonchev–Trinajstić information content (AvgIpc) is 3.23. The third-order valence-electron chi connectivity index (χ3n) is 4.50. The van der Waals surface area contributed by atoms with Crippen LogP contribution in [-0.4, -0.2) is 17.1 Å². The van der Waals surface area contributed by atoms with Crippen LogP contribution in [0.25, 0.3) is 11.3 Å². The molecule has 0 aliphatic carbocycles. The van der Waals surface area contributed by atoms with E-state index < -0.39 is 0 Å². The van der Waals surface area contributed by atoms with E-state index in [0.717, 1.165) is 11.3 Å². The van der Waals surface area contributed by atoms with E-state index in [1.165, 1.54) is 0 Å². The van der Waals surface area contributed by atoms with Gasteiger partial charge in [0.05, 0.1) is 17.1 Å². The zero-order valence-electron chi connectivity index (χ0n) is 14.4. The van der Waals surface area contributed by atoms with E-state index in [4.69, 9.17) is 38.4 Å². The summed E-state index contributed by atoms with van der Waals surface area (Å²) < 4.78 is 14.3. The summed E-state index contributed by atoms with van der Waals surface area (Å²) >= 11 is 11.9. The molecule has 2 aromatic carbocycles. The van der Waals surface area contributed by atoms with Crippen molar-refractivity contribution in [3.8, 4) is 22.8 Å². The van der Waals surface area contributed by atoms with E-state index in [0.29, 0.717) is 33.1 Å². The summed E-state index contributed by atoms with van der Waals surface area (Å²) in [6.45, 7) is 0.300. The molecule has 0 spiro atoms. The number of nitrogen functional groups attached to an aromatic ring is 1. The van der Waals surface area contributed by atoms with E-state index in [1.54, 1.807) is 22.8 Å². The lowest BCUT2D eigenvalue weighted by molar-refractivity contribution is -0.667. The van der Waals surface area contributed by atoms with E-state index in [9.17, 15) is 4.79 Å². The van der Waals surface area contributed by atoms with E-state index in [1.807, 2.05) is 36.0 Å². The summed E-state index contributed by atoms with van der Waals surface area (Å²) in [6.07, 6.45) is 1.84. The van der Waals surface area contributed by atoms with Gasteiger partial charge in [0.25, 0.3) is 0 Å². The maximum Gasteiger partial charge on any atom is 0.355 e. The van der Waals surface area contributed by atoms with Gasteiger partial charge in [-0.15, -0.1) is 0 Å². The van der Waals surface area contributed by atoms with Crippen LogP contribution in [0.15, 0.2) is 42.6 Å². The summed E-state index contributed by atoms with van der Waals surface area (Å²) in [7, 11) is 1.84. The minimum absolute atomic E-state index is 0.0855. The Balaban J connectivity index is 1.64. The molecule has 1 aromatic heterocycles. The molecule has 0 amide bonds. The van der Waals surface area contributed by atoms with Gasteiger partial charge >= 0.3 is 5.95 Å². The standard InChI is InChI=1S/C19H15Cl2N3O3/c1-23-15(11-3-5-17-18(7-11)27-10-26-17)8-24(19(23)22)9-16(25)12-2-4-13(20)14(21)6-12/h2-8,22H,9-10H2,1H3/p+1. The Morgan fingerprint density at radius 1 is 1.15 bits per heavy atom. The number of carbonyl (C=O) groups is 1. The van der Waals surface area contributed by atoms with Crippen LogP contribution in [-0.2, 0) is 13.6 Å². The Labute approximate surface area is 165 Å². The minimum atomic E-state index is -0.117. The molecule has 2 heterocycles. The molecule has 1 aliphatic rings. The van der Waals surface area contributed by atoms with Gasteiger partial charge in [0, 0.05) is 11.1 Å². The first-order chi connectivity index (χ1) is 12.9. The fourth-order valence-electron chi connectivity index (χ4n) is 2.98. The van der Waals surface area contributed by atoms with Crippen LogP contribution in [0.2, 0.25) is 10.0 Å². The quantitative estimate of drug-likeness (QED) is 0.533. The average molecular weight is 405 g/mol. The Morgan fingerprint density at radius 2 is 1.93 bits per heavy atom. The number of benzene rings is 2. The fourth-order valence-corrected chi connectivity index (χ4v) is 3.28. The SMILES string of the molecule is Cn1c(-c2ccc3c(c2)OCO3)c[n+](CC(=O)c2ccc(Cl)c(Cl)c2)c1N. The molecular formula is C19H16Cl2N3O3+. The van der Waals surface area contributed by atoms with Crippen molar-refractivity contribution in [1.82, 2.24) is 4.57 Å².